The molecule has 2 aromatic rings. The van der Waals surface area contributed by atoms with Gasteiger partial charge in [0.05, 0.1) is 23.9 Å². The Balaban J connectivity index is 2.14. The summed E-state index contributed by atoms with van der Waals surface area (Å²) in [6.45, 7) is 4.95. The Morgan fingerprint density at radius 1 is 1.44 bits per heavy atom. The van der Waals surface area contributed by atoms with E-state index < -0.39 is 6.10 Å². The molecular formula is C13H20N4O. The summed E-state index contributed by atoms with van der Waals surface area (Å²) in [5.41, 5.74) is 2.88. The second kappa shape index (κ2) is 5.35. The van der Waals surface area contributed by atoms with Crippen LogP contribution in [0.5, 0.6) is 0 Å². The van der Waals surface area contributed by atoms with Crippen LogP contribution in [-0.4, -0.2) is 24.4 Å². The van der Waals surface area contributed by atoms with E-state index in [1.807, 2.05) is 29.3 Å². The summed E-state index contributed by atoms with van der Waals surface area (Å²) in [6, 6.07) is 2.00. The van der Waals surface area contributed by atoms with Crippen LogP contribution in [0.1, 0.15) is 36.5 Å². The average molecular weight is 248 g/mol. The fraction of sp³-hybridized carbons (Fsp3) is 0.538. The minimum absolute atomic E-state index is 0.533. The highest BCUT2D eigenvalue weighted by Crippen LogP contribution is 2.18. The van der Waals surface area contributed by atoms with Gasteiger partial charge >= 0.3 is 0 Å². The lowest BCUT2D eigenvalue weighted by molar-refractivity contribution is 0.166. The van der Waals surface area contributed by atoms with Gasteiger partial charge < -0.3 is 9.67 Å². The third kappa shape index (κ3) is 2.61. The van der Waals surface area contributed by atoms with Crippen LogP contribution in [-0.2, 0) is 20.0 Å². The van der Waals surface area contributed by atoms with E-state index >= 15 is 0 Å². The zero-order valence-electron chi connectivity index (χ0n) is 11.2. The second-order valence-electron chi connectivity index (χ2n) is 4.63. The molecule has 1 atom stereocenters. The summed E-state index contributed by atoms with van der Waals surface area (Å²) in [5.74, 6) is 0. The van der Waals surface area contributed by atoms with Gasteiger partial charge in [0.2, 0.25) is 0 Å². The maximum atomic E-state index is 10.3. The molecule has 0 amide bonds. The number of aromatic nitrogens is 4. The molecule has 0 aromatic carbocycles. The van der Waals surface area contributed by atoms with Crippen molar-refractivity contribution in [2.24, 2.45) is 7.05 Å². The number of aryl methyl sites for hydroxylation is 3. The Morgan fingerprint density at radius 3 is 2.83 bits per heavy atom. The van der Waals surface area contributed by atoms with E-state index in [1.54, 1.807) is 12.5 Å². The maximum absolute atomic E-state index is 10.3. The van der Waals surface area contributed by atoms with Crippen LogP contribution >= 0.6 is 0 Å². The van der Waals surface area contributed by atoms with E-state index in [0.29, 0.717) is 6.42 Å². The Bertz CT molecular complexity index is 515. The van der Waals surface area contributed by atoms with Crippen molar-refractivity contribution in [2.45, 2.75) is 39.3 Å². The van der Waals surface area contributed by atoms with Crippen LogP contribution in [0, 0.1) is 6.92 Å². The van der Waals surface area contributed by atoms with E-state index in [9.17, 15) is 5.11 Å². The number of aliphatic hydroxyl groups excluding tert-OH is 1. The Kier molecular flexibility index (Phi) is 3.81. The van der Waals surface area contributed by atoms with E-state index in [2.05, 4.69) is 17.0 Å². The Labute approximate surface area is 107 Å². The number of hydrogen-bond acceptors (Lipinski definition) is 3. The topological polar surface area (TPSA) is 55.9 Å². The molecule has 0 radical (unpaired) electrons. The van der Waals surface area contributed by atoms with Gasteiger partial charge in [-0.25, -0.2) is 4.98 Å². The zero-order chi connectivity index (χ0) is 13.1. The molecule has 0 spiro atoms. The highest BCUT2D eigenvalue weighted by molar-refractivity contribution is 5.13. The fourth-order valence-corrected chi connectivity index (χ4v) is 2.19. The smallest absolute Gasteiger partial charge is 0.101 e. The summed E-state index contributed by atoms with van der Waals surface area (Å²) in [5, 5.41) is 14.6. The predicted molar refractivity (Wildman–Crippen MR) is 69.1 cm³/mol. The standard InChI is InChI=1S/C13H20N4O/c1-4-5-17-9-14-8-12(17)13(18)7-11-6-10(2)15-16(11)3/h6,8-9,13,18H,4-5,7H2,1-3H3. The van der Waals surface area contributed by atoms with Crippen molar-refractivity contribution in [2.75, 3.05) is 0 Å². The van der Waals surface area contributed by atoms with Crippen molar-refractivity contribution in [1.29, 1.82) is 0 Å². The molecular weight excluding hydrogens is 228 g/mol. The molecule has 2 rings (SSSR count). The normalized spacial score (nSPS) is 12.9. The van der Waals surface area contributed by atoms with Gasteiger partial charge in [-0.05, 0) is 19.4 Å². The lowest BCUT2D eigenvalue weighted by Gasteiger charge is -2.13. The number of hydrogen-bond donors (Lipinski definition) is 1. The van der Waals surface area contributed by atoms with Crippen LogP contribution < -0.4 is 0 Å². The van der Waals surface area contributed by atoms with Crippen molar-refractivity contribution in [3.05, 3.63) is 35.7 Å². The molecule has 2 aromatic heterocycles. The minimum atomic E-state index is -0.533. The van der Waals surface area contributed by atoms with Crippen LogP contribution in [0.2, 0.25) is 0 Å². The molecule has 0 bridgehead atoms. The van der Waals surface area contributed by atoms with Gasteiger partial charge in [0.25, 0.3) is 0 Å². The van der Waals surface area contributed by atoms with Crippen LogP contribution in [0.4, 0.5) is 0 Å². The molecule has 1 unspecified atom stereocenters. The summed E-state index contributed by atoms with van der Waals surface area (Å²) in [7, 11) is 1.90. The van der Waals surface area contributed by atoms with Gasteiger partial charge in [0.15, 0.2) is 0 Å². The SMILES string of the molecule is CCCn1cncc1C(O)Cc1cc(C)nn1C. The summed E-state index contributed by atoms with van der Waals surface area (Å²) in [4.78, 5) is 4.11. The monoisotopic (exact) mass is 248 g/mol. The number of aliphatic hydroxyl groups is 1. The number of nitrogens with zero attached hydrogens (tertiary/aromatic N) is 4. The van der Waals surface area contributed by atoms with Gasteiger partial charge in [-0.1, -0.05) is 6.92 Å². The first-order chi connectivity index (χ1) is 8.61. The fourth-order valence-electron chi connectivity index (χ4n) is 2.19. The molecule has 0 aliphatic carbocycles. The summed E-state index contributed by atoms with van der Waals surface area (Å²) in [6.07, 6.45) is 4.57. The van der Waals surface area contributed by atoms with Gasteiger partial charge in [0.1, 0.15) is 6.10 Å². The van der Waals surface area contributed by atoms with Crippen molar-refractivity contribution in [1.82, 2.24) is 19.3 Å². The molecule has 1 N–H and O–H groups in total. The largest absolute Gasteiger partial charge is 0.386 e. The van der Waals surface area contributed by atoms with Crippen molar-refractivity contribution in [3.8, 4) is 0 Å². The van der Waals surface area contributed by atoms with Gasteiger partial charge in [-0.2, -0.15) is 5.10 Å². The molecule has 18 heavy (non-hydrogen) atoms. The zero-order valence-corrected chi connectivity index (χ0v) is 11.2. The molecule has 2 heterocycles. The molecule has 0 saturated carbocycles. The number of rotatable bonds is 5. The van der Waals surface area contributed by atoms with Gasteiger partial charge in [-0.3, -0.25) is 4.68 Å². The van der Waals surface area contributed by atoms with E-state index in [1.165, 1.54) is 0 Å². The van der Waals surface area contributed by atoms with E-state index in [4.69, 9.17) is 0 Å². The van der Waals surface area contributed by atoms with Crippen LogP contribution in [0.25, 0.3) is 0 Å². The quantitative estimate of drug-likeness (QED) is 0.874. The molecule has 5 heteroatoms. The summed E-state index contributed by atoms with van der Waals surface area (Å²) < 4.78 is 3.83. The molecule has 98 valence electrons. The van der Waals surface area contributed by atoms with Crippen molar-refractivity contribution in [3.63, 3.8) is 0 Å². The molecule has 0 fully saturated rings. The molecule has 5 nitrogen and oxygen atoms in total. The highest BCUT2D eigenvalue weighted by Gasteiger charge is 2.15. The lowest BCUT2D eigenvalue weighted by atomic mass is 10.1. The van der Waals surface area contributed by atoms with Crippen LogP contribution in [0.15, 0.2) is 18.6 Å². The van der Waals surface area contributed by atoms with E-state index in [-0.39, 0.29) is 0 Å². The van der Waals surface area contributed by atoms with Crippen molar-refractivity contribution < 1.29 is 5.11 Å². The number of imidazole rings is 1. The highest BCUT2D eigenvalue weighted by atomic mass is 16.3. The molecule has 0 aliphatic rings. The minimum Gasteiger partial charge on any atom is -0.386 e. The first kappa shape index (κ1) is 12.8. The lowest BCUT2D eigenvalue weighted by Crippen LogP contribution is -2.11. The Hall–Kier alpha value is -1.62. The van der Waals surface area contributed by atoms with Gasteiger partial charge in [-0.15, -0.1) is 0 Å². The average Bonchev–Trinajstić information content (AvgIpc) is 2.87. The molecule has 0 aliphatic heterocycles. The third-order valence-electron chi connectivity index (χ3n) is 3.05. The Morgan fingerprint density at radius 2 is 2.22 bits per heavy atom. The van der Waals surface area contributed by atoms with Crippen molar-refractivity contribution >= 4 is 0 Å². The first-order valence-corrected chi connectivity index (χ1v) is 6.29. The second-order valence-corrected chi connectivity index (χ2v) is 4.63. The van der Waals surface area contributed by atoms with Crippen LogP contribution in [0.3, 0.4) is 0 Å². The van der Waals surface area contributed by atoms with Gasteiger partial charge in [0, 0.05) is 25.7 Å². The summed E-state index contributed by atoms with van der Waals surface area (Å²) >= 11 is 0. The maximum Gasteiger partial charge on any atom is 0.101 e. The first-order valence-electron chi connectivity index (χ1n) is 6.29. The molecule has 0 saturated heterocycles. The predicted octanol–water partition coefficient (Wildman–Crippen LogP) is 1.61. The van der Waals surface area contributed by atoms with E-state index in [0.717, 1.165) is 30.0 Å². The third-order valence-corrected chi connectivity index (χ3v) is 3.05.